The summed E-state index contributed by atoms with van der Waals surface area (Å²) in [5.41, 5.74) is 4.16. The molecule has 0 heterocycles. The second-order valence-corrected chi connectivity index (χ2v) is 5.39. The van der Waals surface area contributed by atoms with Crippen LogP contribution in [0, 0.1) is 18.3 Å². The average Bonchev–Trinajstić information content (AvgIpc) is 2.53. The Balaban J connectivity index is 2.16. The van der Waals surface area contributed by atoms with Crippen molar-refractivity contribution >= 4 is 0 Å². The number of hydrogen-bond donors (Lipinski definition) is 0. The van der Waals surface area contributed by atoms with Crippen molar-refractivity contribution in [2.45, 2.75) is 39.7 Å². The first-order valence-electron chi connectivity index (χ1n) is 7.37. The van der Waals surface area contributed by atoms with Crippen molar-refractivity contribution in [1.82, 2.24) is 0 Å². The lowest BCUT2D eigenvalue weighted by molar-refractivity contribution is 0.300. The van der Waals surface area contributed by atoms with E-state index in [9.17, 15) is 0 Å². The van der Waals surface area contributed by atoms with Crippen LogP contribution >= 0.6 is 0 Å². The molecule has 0 saturated heterocycles. The number of para-hydroxylation sites is 1. The zero-order valence-electron chi connectivity index (χ0n) is 12.9. The maximum atomic E-state index is 8.90. The van der Waals surface area contributed by atoms with Crippen molar-refractivity contribution in [2.75, 3.05) is 0 Å². The topological polar surface area (TPSA) is 33.0 Å². The summed E-state index contributed by atoms with van der Waals surface area (Å²) in [6.45, 7) is 6.95. The van der Waals surface area contributed by atoms with E-state index in [1.165, 1.54) is 5.56 Å². The average molecular weight is 279 g/mol. The summed E-state index contributed by atoms with van der Waals surface area (Å²) < 4.78 is 6.02. The standard InChI is InChI=1S/C19H21NO/c1-4-14(2)18-7-5-6-8-19(18)21-13-17-10-9-16(12-20)11-15(17)3/h5-11,14H,4,13H2,1-3H3. The van der Waals surface area contributed by atoms with Gasteiger partial charge in [-0.15, -0.1) is 0 Å². The lowest BCUT2D eigenvalue weighted by Gasteiger charge is -2.16. The Kier molecular flexibility index (Phi) is 5.00. The molecule has 2 aromatic carbocycles. The Morgan fingerprint density at radius 2 is 1.95 bits per heavy atom. The fourth-order valence-electron chi connectivity index (χ4n) is 2.32. The molecule has 0 bridgehead atoms. The number of nitriles is 1. The lowest BCUT2D eigenvalue weighted by atomic mass is 9.98. The quantitative estimate of drug-likeness (QED) is 0.775. The minimum atomic E-state index is 0.489. The summed E-state index contributed by atoms with van der Waals surface area (Å²) in [5.74, 6) is 1.44. The van der Waals surface area contributed by atoms with Crippen LogP contribution in [0.4, 0.5) is 0 Å². The van der Waals surface area contributed by atoms with Crippen LogP contribution in [0.1, 0.15) is 48.4 Å². The summed E-state index contributed by atoms with van der Waals surface area (Å²) in [6, 6.07) is 16.1. The van der Waals surface area contributed by atoms with E-state index in [4.69, 9.17) is 10.00 Å². The number of hydrogen-bond acceptors (Lipinski definition) is 2. The fourth-order valence-corrected chi connectivity index (χ4v) is 2.32. The van der Waals surface area contributed by atoms with E-state index < -0.39 is 0 Å². The minimum absolute atomic E-state index is 0.489. The number of ether oxygens (including phenoxy) is 1. The molecular formula is C19H21NO. The van der Waals surface area contributed by atoms with E-state index >= 15 is 0 Å². The van der Waals surface area contributed by atoms with E-state index in [1.54, 1.807) is 0 Å². The van der Waals surface area contributed by atoms with Crippen LogP contribution in [-0.2, 0) is 6.61 Å². The second kappa shape index (κ2) is 6.95. The van der Waals surface area contributed by atoms with Gasteiger partial charge in [0.1, 0.15) is 12.4 Å². The summed E-state index contributed by atoms with van der Waals surface area (Å²) in [7, 11) is 0. The fraction of sp³-hybridized carbons (Fsp3) is 0.316. The van der Waals surface area contributed by atoms with Crippen molar-refractivity contribution in [3.05, 3.63) is 64.7 Å². The van der Waals surface area contributed by atoms with Gasteiger partial charge in [0.2, 0.25) is 0 Å². The van der Waals surface area contributed by atoms with Gasteiger partial charge in [-0.25, -0.2) is 0 Å². The van der Waals surface area contributed by atoms with E-state index in [-0.39, 0.29) is 0 Å². The van der Waals surface area contributed by atoms with Crippen LogP contribution in [0.5, 0.6) is 5.75 Å². The zero-order chi connectivity index (χ0) is 15.2. The molecule has 1 atom stereocenters. The van der Waals surface area contributed by atoms with Crippen molar-refractivity contribution < 1.29 is 4.74 Å². The first kappa shape index (κ1) is 15.1. The van der Waals surface area contributed by atoms with Crippen LogP contribution in [0.2, 0.25) is 0 Å². The lowest BCUT2D eigenvalue weighted by Crippen LogP contribution is -2.02. The molecule has 2 rings (SSSR count). The molecule has 0 aliphatic heterocycles. The highest BCUT2D eigenvalue weighted by atomic mass is 16.5. The van der Waals surface area contributed by atoms with Crippen LogP contribution < -0.4 is 4.74 Å². The van der Waals surface area contributed by atoms with Crippen LogP contribution in [0.15, 0.2) is 42.5 Å². The summed E-state index contributed by atoms with van der Waals surface area (Å²) in [6.07, 6.45) is 1.09. The Hall–Kier alpha value is -2.27. The molecule has 0 saturated carbocycles. The highest BCUT2D eigenvalue weighted by molar-refractivity contribution is 5.39. The third kappa shape index (κ3) is 3.64. The van der Waals surface area contributed by atoms with Gasteiger partial charge in [0.25, 0.3) is 0 Å². The zero-order valence-corrected chi connectivity index (χ0v) is 12.9. The highest BCUT2D eigenvalue weighted by Crippen LogP contribution is 2.29. The van der Waals surface area contributed by atoms with Gasteiger partial charge in [0.15, 0.2) is 0 Å². The van der Waals surface area contributed by atoms with Gasteiger partial charge in [0.05, 0.1) is 11.6 Å². The minimum Gasteiger partial charge on any atom is -0.489 e. The SMILES string of the molecule is CCC(C)c1ccccc1OCc1ccc(C#N)cc1C. The third-order valence-corrected chi connectivity index (χ3v) is 3.92. The Morgan fingerprint density at radius 1 is 1.19 bits per heavy atom. The summed E-state index contributed by atoms with van der Waals surface area (Å²) in [4.78, 5) is 0. The van der Waals surface area contributed by atoms with Crippen molar-refractivity contribution in [1.29, 1.82) is 5.26 Å². The number of benzene rings is 2. The number of nitrogens with zero attached hydrogens (tertiary/aromatic N) is 1. The summed E-state index contributed by atoms with van der Waals surface area (Å²) in [5, 5.41) is 8.90. The van der Waals surface area contributed by atoms with E-state index in [1.807, 2.05) is 37.3 Å². The molecular weight excluding hydrogens is 258 g/mol. The normalized spacial score (nSPS) is 11.7. The summed E-state index contributed by atoms with van der Waals surface area (Å²) >= 11 is 0. The molecule has 0 N–H and O–H groups in total. The number of aryl methyl sites for hydroxylation is 1. The Bertz CT molecular complexity index is 655. The molecule has 108 valence electrons. The molecule has 0 aliphatic carbocycles. The van der Waals surface area contributed by atoms with Crippen molar-refractivity contribution in [3.8, 4) is 11.8 Å². The van der Waals surface area contributed by atoms with Gasteiger partial charge < -0.3 is 4.74 Å². The molecule has 2 aromatic rings. The number of rotatable bonds is 5. The molecule has 2 heteroatoms. The van der Waals surface area contributed by atoms with Gasteiger partial charge in [0, 0.05) is 0 Å². The smallest absolute Gasteiger partial charge is 0.123 e. The molecule has 0 fully saturated rings. The van der Waals surface area contributed by atoms with E-state index in [2.05, 4.69) is 32.0 Å². The first-order chi connectivity index (χ1) is 10.2. The van der Waals surface area contributed by atoms with Crippen molar-refractivity contribution in [3.63, 3.8) is 0 Å². The Morgan fingerprint density at radius 3 is 2.62 bits per heavy atom. The predicted molar refractivity (Wildman–Crippen MR) is 85.4 cm³/mol. The molecule has 0 radical (unpaired) electrons. The maximum absolute atomic E-state index is 8.90. The highest BCUT2D eigenvalue weighted by Gasteiger charge is 2.10. The largest absolute Gasteiger partial charge is 0.489 e. The maximum Gasteiger partial charge on any atom is 0.123 e. The van der Waals surface area contributed by atoms with Crippen molar-refractivity contribution in [2.24, 2.45) is 0 Å². The second-order valence-electron chi connectivity index (χ2n) is 5.39. The molecule has 0 amide bonds. The molecule has 1 unspecified atom stereocenters. The van der Waals surface area contributed by atoms with Gasteiger partial charge in [-0.2, -0.15) is 5.26 Å². The van der Waals surface area contributed by atoms with Gasteiger partial charge in [-0.05, 0) is 54.2 Å². The van der Waals surface area contributed by atoms with Crippen LogP contribution in [-0.4, -0.2) is 0 Å². The molecule has 0 spiro atoms. The Labute approximate surface area is 127 Å². The predicted octanol–water partition coefficient (Wildman–Crippen LogP) is 4.96. The van der Waals surface area contributed by atoms with Gasteiger partial charge >= 0.3 is 0 Å². The first-order valence-corrected chi connectivity index (χ1v) is 7.37. The van der Waals surface area contributed by atoms with Crippen LogP contribution in [0.25, 0.3) is 0 Å². The van der Waals surface area contributed by atoms with E-state index in [0.29, 0.717) is 18.1 Å². The van der Waals surface area contributed by atoms with Gasteiger partial charge in [-0.3, -0.25) is 0 Å². The molecule has 2 nitrogen and oxygen atoms in total. The van der Waals surface area contributed by atoms with Crippen LogP contribution in [0.3, 0.4) is 0 Å². The monoisotopic (exact) mass is 279 g/mol. The van der Waals surface area contributed by atoms with E-state index in [0.717, 1.165) is 23.3 Å². The van der Waals surface area contributed by atoms with Gasteiger partial charge in [-0.1, -0.05) is 38.1 Å². The molecule has 21 heavy (non-hydrogen) atoms. The third-order valence-electron chi connectivity index (χ3n) is 3.92. The molecule has 0 aromatic heterocycles. The molecule has 0 aliphatic rings.